The molecule has 34 heavy (non-hydrogen) atoms. The molecule has 9 heteroatoms. The van der Waals surface area contributed by atoms with E-state index in [-0.39, 0.29) is 12.4 Å². The molecule has 0 bridgehead atoms. The number of hydrogen-bond donors (Lipinski definition) is 0. The third-order valence-corrected chi connectivity index (χ3v) is 5.09. The topological polar surface area (TPSA) is 75.2 Å². The van der Waals surface area contributed by atoms with Crippen LogP contribution in [0, 0.1) is 0 Å². The number of para-hydroxylation sites is 2. The number of ether oxygens (including phenoxy) is 4. The second-order valence-electron chi connectivity index (χ2n) is 6.98. The van der Waals surface area contributed by atoms with Crippen LogP contribution in [0.4, 0.5) is 11.6 Å². The molecule has 0 N–H and O–H groups in total. The molecule has 1 heterocycles. The van der Waals surface area contributed by atoms with Crippen LogP contribution >= 0.6 is 12.4 Å². The molecule has 0 saturated heterocycles. The number of benzene rings is 3. The third-order valence-electron chi connectivity index (χ3n) is 5.09. The number of hydrogen-bond acceptors (Lipinski definition) is 8. The van der Waals surface area contributed by atoms with Crippen LogP contribution in [0.25, 0.3) is 10.9 Å². The van der Waals surface area contributed by atoms with Gasteiger partial charge in [-0.05, 0) is 24.3 Å². The summed E-state index contributed by atoms with van der Waals surface area (Å²) in [6, 6.07) is 18.9. The van der Waals surface area contributed by atoms with E-state index in [1.54, 1.807) is 40.7 Å². The predicted octanol–water partition coefficient (Wildman–Crippen LogP) is 5.36. The summed E-state index contributed by atoms with van der Waals surface area (Å²) in [5, 5.41) is 2.46. The largest absolute Gasteiger partial charge is 0.494 e. The van der Waals surface area contributed by atoms with Gasteiger partial charge in [-0.15, -0.1) is 12.4 Å². The van der Waals surface area contributed by atoms with Crippen molar-refractivity contribution in [2.45, 2.75) is 6.61 Å². The van der Waals surface area contributed by atoms with Crippen molar-refractivity contribution < 1.29 is 23.8 Å². The molecule has 178 valence electrons. The number of aromatic nitrogens is 2. The average molecular weight is 484 g/mol. The van der Waals surface area contributed by atoms with E-state index in [4.69, 9.17) is 23.8 Å². The first-order valence-corrected chi connectivity index (χ1v) is 10.2. The fraction of sp³-hybridized carbons (Fsp3) is 0.200. The van der Waals surface area contributed by atoms with Gasteiger partial charge in [0, 0.05) is 23.2 Å². The molecule has 0 unspecified atom stereocenters. The van der Waals surface area contributed by atoms with E-state index in [1.807, 2.05) is 54.6 Å². The van der Waals surface area contributed by atoms with Crippen molar-refractivity contribution in [1.82, 2.24) is 9.97 Å². The number of nitrogens with zero attached hydrogens (tertiary/aromatic N) is 3. The summed E-state index contributed by atoms with van der Waals surface area (Å²) in [4.78, 5) is 14.6. The standard InChI is InChI=1S/C25H25N3O5.ClH/c1-29-22-11-7-9-18(24(22)31-3)16-33-19-12-13-21(23(14-19)30-2)28(32-4)25-26-15-17-8-5-6-10-20(17)27-25;/h5-15H,16H2,1-4H3;1H. The van der Waals surface area contributed by atoms with E-state index >= 15 is 0 Å². The van der Waals surface area contributed by atoms with Crippen molar-refractivity contribution in [3.8, 4) is 23.0 Å². The molecule has 0 radical (unpaired) electrons. The maximum Gasteiger partial charge on any atom is 0.255 e. The maximum absolute atomic E-state index is 6.00. The molecule has 4 aromatic rings. The van der Waals surface area contributed by atoms with Gasteiger partial charge in [-0.1, -0.05) is 30.3 Å². The molecule has 0 atom stereocenters. The Morgan fingerprint density at radius 2 is 1.62 bits per heavy atom. The highest BCUT2D eigenvalue weighted by molar-refractivity contribution is 5.85. The molecule has 4 rings (SSSR count). The van der Waals surface area contributed by atoms with Crippen LogP contribution in [-0.2, 0) is 11.4 Å². The lowest BCUT2D eigenvalue weighted by Gasteiger charge is -2.22. The monoisotopic (exact) mass is 483 g/mol. The Morgan fingerprint density at radius 1 is 0.824 bits per heavy atom. The van der Waals surface area contributed by atoms with Crippen LogP contribution < -0.4 is 24.0 Å². The molecular weight excluding hydrogens is 458 g/mol. The van der Waals surface area contributed by atoms with Gasteiger partial charge in [-0.3, -0.25) is 4.84 Å². The smallest absolute Gasteiger partial charge is 0.255 e. The Kier molecular flexibility index (Phi) is 8.34. The first kappa shape index (κ1) is 24.9. The first-order valence-electron chi connectivity index (χ1n) is 10.2. The molecule has 3 aromatic carbocycles. The van der Waals surface area contributed by atoms with Gasteiger partial charge in [0.05, 0.1) is 34.0 Å². The van der Waals surface area contributed by atoms with Gasteiger partial charge in [-0.25, -0.2) is 9.97 Å². The van der Waals surface area contributed by atoms with Crippen LogP contribution in [0.15, 0.2) is 66.9 Å². The molecule has 0 saturated carbocycles. The van der Waals surface area contributed by atoms with Gasteiger partial charge in [-0.2, -0.15) is 5.06 Å². The van der Waals surface area contributed by atoms with Crippen molar-refractivity contribution >= 4 is 34.9 Å². The summed E-state index contributed by atoms with van der Waals surface area (Å²) in [7, 11) is 6.35. The zero-order chi connectivity index (χ0) is 23.2. The van der Waals surface area contributed by atoms with Gasteiger partial charge in [0.2, 0.25) is 0 Å². The van der Waals surface area contributed by atoms with Crippen LogP contribution in [0.5, 0.6) is 23.0 Å². The average Bonchev–Trinajstić information content (AvgIpc) is 2.87. The Hall–Kier alpha value is -3.75. The quantitative estimate of drug-likeness (QED) is 0.295. The van der Waals surface area contributed by atoms with E-state index in [9.17, 15) is 0 Å². The van der Waals surface area contributed by atoms with Gasteiger partial charge in [0.15, 0.2) is 11.5 Å². The summed E-state index contributed by atoms with van der Waals surface area (Å²) in [6.07, 6.45) is 1.76. The normalized spacial score (nSPS) is 10.4. The van der Waals surface area contributed by atoms with Crippen molar-refractivity contribution in [2.75, 3.05) is 33.5 Å². The summed E-state index contributed by atoms with van der Waals surface area (Å²) in [5.41, 5.74) is 2.32. The Bertz CT molecular complexity index is 1250. The SMILES string of the molecule is COc1cc(OCc2cccc(OC)c2OC)ccc1N(OC)c1ncc2ccccc2n1.Cl. The van der Waals surface area contributed by atoms with E-state index < -0.39 is 0 Å². The molecule has 1 aromatic heterocycles. The third kappa shape index (κ3) is 5.08. The van der Waals surface area contributed by atoms with E-state index in [0.29, 0.717) is 41.2 Å². The molecule has 0 spiro atoms. The minimum atomic E-state index is 0. The van der Waals surface area contributed by atoms with Crippen molar-refractivity contribution in [1.29, 1.82) is 0 Å². The van der Waals surface area contributed by atoms with E-state index in [0.717, 1.165) is 16.5 Å². The number of methoxy groups -OCH3 is 3. The van der Waals surface area contributed by atoms with E-state index in [1.165, 1.54) is 5.06 Å². The zero-order valence-corrected chi connectivity index (χ0v) is 20.2. The van der Waals surface area contributed by atoms with Gasteiger partial charge in [0.1, 0.15) is 23.8 Å². The molecule has 0 aliphatic heterocycles. The molecule has 0 amide bonds. The molecule has 0 aliphatic carbocycles. The van der Waals surface area contributed by atoms with Crippen molar-refractivity contribution in [3.63, 3.8) is 0 Å². The Balaban J connectivity index is 0.00000324. The predicted molar refractivity (Wildman–Crippen MR) is 133 cm³/mol. The second-order valence-corrected chi connectivity index (χ2v) is 6.98. The van der Waals surface area contributed by atoms with Gasteiger partial charge < -0.3 is 18.9 Å². The first-order chi connectivity index (χ1) is 16.2. The molecule has 0 fully saturated rings. The minimum Gasteiger partial charge on any atom is -0.494 e. The highest BCUT2D eigenvalue weighted by atomic mass is 35.5. The Morgan fingerprint density at radius 3 is 2.35 bits per heavy atom. The lowest BCUT2D eigenvalue weighted by Crippen LogP contribution is -2.18. The zero-order valence-electron chi connectivity index (χ0n) is 19.3. The van der Waals surface area contributed by atoms with Crippen LogP contribution in [-0.4, -0.2) is 38.4 Å². The highest BCUT2D eigenvalue weighted by Crippen LogP contribution is 2.37. The van der Waals surface area contributed by atoms with Crippen molar-refractivity contribution in [3.05, 3.63) is 72.4 Å². The number of fused-ring (bicyclic) bond motifs is 1. The summed E-state index contributed by atoms with van der Waals surface area (Å²) >= 11 is 0. The fourth-order valence-electron chi connectivity index (χ4n) is 3.49. The molecular formula is C25H26ClN3O5. The summed E-state index contributed by atoms with van der Waals surface area (Å²) in [6.45, 7) is 0.296. The number of anilines is 2. The van der Waals surface area contributed by atoms with Gasteiger partial charge >= 0.3 is 0 Å². The van der Waals surface area contributed by atoms with Gasteiger partial charge in [0.25, 0.3) is 5.95 Å². The lowest BCUT2D eigenvalue weighted by molar-refractivity contribution is 0.194. The van der Waals surface area contributed by atoms with Crippen LogP contribution in [0.3, 0.4) is 0 Å². The highest BCUT2D eigenvalue weighted by Gasteiger charge is 2.19. The Labute approximate surface area is 204 Å². The number of rotatable bonds is 9. The summed E-state index contributed by atoms with van der Waals surface area (Å²) in [5.74, 6) is 2.85. The number of halogens is 1. The van der Waals surface area contributed by atoms with Crippen LogP contribution in [0.1, 0.15) is 5.56 Å². The maximum atomic E-state index is 6.00. The molecule has 8 nitrogen and oxygen atoms in total. The minimum absolute atomic E-state index is 0. The van der Waals surface area contributed by atoms with Crippen molar-refractivity contribution in [2.24, 2.45) is 0 Å². The van der Waals surface area contributed by atoms with Crippen LogP contribution in [0.2, 0.25) is 0 Å². The van der Waals surface area contributed by atoms with E-state index in [2.05, 4.69) is 9.97 Å². The fourth-order valence-corrected chi connectivity index (χ4v) is 3.49. The molecule has 0 aliphatic rings. The second kappa shape index (κ2) is 11.4. The lowest BCUT2D eigenvalue weighted by atomic mass is 10.2. The summed E-state index contributed by atoms with van der Waals surface area (Å²) < 4.78 is 22.4.